The Labute approximate surface area is 176 Å². The average Bonchev–Trinajstić information content (AvgIpc) is 2.78. The molecule has 0 radical (unpaired) electrons. The molecule has 0 spiro atoms. The molecule has 5 nitrogen and oxygen atoms in total. The van der Waals surface area contributed by atoms with Crippen molar-refractivity contribution in [2.75, 3.05) is 5.32 Å². The zero-order chi connectivity index (χ0) is 20.9. The number of aldehydes is 1. The van der Waals surface area contributed by atoms with Crippen molar-refractivity contribution in [2.45, 2.75) is 32.7 Å². The number of anilines is 1. The van der Waals surface area contributed by atoms with Crippen LogP contribution in [0.25, 0.3) is 10.8 Å². The predicted molar refractivity (Wildman–Crippen MR) is 123 cm³/mol. The molecule has 1 aliphatic rings. The fraction of sp³-hybridized carbons (Fsp3) is 0.200. The Morgan fingerprint density at radius 3 is 2.70 bits per heavy atom. The number of benzene rings is 1. The highest BCUT2D eigenvalue weighted by Gasteiger charge is 2.12. The van der Waals surface area contributed by atoms with Gasteiger partial charge in [-0.3, -0.25) is 4.79 Å². The van der Waals surface area contributed by atoms with Crippen molar-refractivity contribution >= 4 is 34.4 Å². The van der Waals surface area contributed by atoms with Crippen molar-refractivity contribution < 1.29 is 4.79 Å². The fourth-order valence-electron chi connectivity index (χ4n) is 3.46. The second kappa shape index (κ2) is 8.82. The van der Waals surface area contributed by atoms with Gasteiger partial charge in [0.15, 0.2) is 12.1 Å². The normalized spacial score (nSPS) is 14.1. The van der Waals surface area contributed by atoms with Crippen LogP contribution in [0.3, 0.4) is 0 Å². The highest BCUT2D eigenvalue weighted by Crippen LogP contribution is 2.27. The molecular weight excluding hydrogens is 372 g/mol. The zero-order valence-electron chi connectivity index (χ0n) is 17.2. The summed E-state index contributed by atoms with van der Waals surface area (Å²) in [4.78, 5) is 25.2. The second-order valence-corrected chi connectivity index (χ2v) is 7.54. The predicted octanol–water partition coefficient (Wildman–Crippen LogP) is 5.66. The van der Waals surface area contributed by atoms with Crippen LogP contribution in [0.4, 0.5) is 11.6 Å². The lowest BCUT2D eigenvalue weighted by molar-refractivity contribution is 0.111. The summed E-state index contributed by atoms with van der Waals surface area (Å²) >= 11 is 0. The minimum Gasteiger partial charge on any atom is -0.367 e. The number of carbonyl (C=O) groups excluding carboxylic acids is 1. The van der Waals surface area contributed by atoms with Gasteiger partial charge in [-0.1, -0.05) is 48.6 Å². The first-order valence-electron chi connectivity index (χ1n) is 10.2. The quantitative estimate of drug-likeness (QED) is 0.431. The maximum absolute atomic E-state index is 11.3. The minimum absolute atomic E-state index is 0.181. The Morgan fingerprint density at radius 2 is 2.00 bits per heavy atom. The number of aliphatic imine (C=N–C) groups is 1. The number of nitrogens with one attached hydrogen (secondary N) is 1. The molecule has 0 atom stereocenters. The Bertz CT molecular complexity index is 1160. The van der Waals surface area contributed by atoms with Gasteiger partial charge in [-0.2, -0.15) is 0 Å². The molecule has 0 saturated heterocycles. The first-order valence-corrected chi connectivity index (χ1v) is 10.2. The summed E-state index contributed by atoms with van der Waals surface area (Å²) in [6.07, 6.45) is 11.1. The van der Waals surface area contributed by atoms with Gasteiger partial charge >= 0.3 is 0 Å². The van der Waals surface area contributed by atoms with E-state index in [1.54, 1.807) is 12.3 Å². The number of nitrogens with zero attached hydrogens (tertiary/aromatic N) is 3. The Hall–Kier alpha value is -3.60. The van der Waals surface area contributed by atoms with E-state index in [0.29, 0.717) is 17.3 Å². The molecule has 1 aromatic carbocycles. The number of carbonyl (C=O) groups is 1. The van der Waals surface area contributed by atoms with Crippen LogP contribution in [0, 0.1) is 0 Å². The van der Waals surface area contributed by atoms with Crippen LogP contribution in [0.1, 0.15) is 42.7 Å². The highest BCUT2D eigenvalue weighted by atomic mass is 16.1. The van der Waals surface area contributed by atoms with Crippen LogP contribution in [-0.4, -0.2) is 28.0 Å². The molecule has 30 heavy (non-hydrogen) atoms. The molecule has 0 fully saturated rings. The molecule has 4 rings (SSSR count). The molecule has 5 heteroatoms. The number of aromatic nitrogens is 2. The van der Waals surface area contributed by atoms with Crippen molar-refractivity contribution in [3.8, 4) is 0 Å². The molecule has 0 unspecified atom stereocenters. The van der Waals surface area contributed by atoms with E-state index >= 15 is 0 Å². The SMILES string of the molecule is CC(C)Nc1nc(C=O)cc2cnc(N=C(C3=CCCC=C3)c3ccccc3)cc12. The van der Waals surface area contributed by atoms with Gasteiger partial charge in [0.25, 0.3) is 0 Å². The minimum atomic E-state index is 0.181. The van der Waals surface area contributed by atoms with Crippen LogP contribution in [0.2, 0.25) is 0 Å². The maximum atomic E-state index is 11.3. The van der Waals surface area contributed by atoms with E-state index in [1.165, 1.54) is 0 Å². The maximum Gasteiger partial charge on any atom is 0.168 e. The summed E-state index contributed by atoms with van der Waals surface area (Å²) in [5.74, 6) is 1.27. The summed E-state index contributed by atoms with van der Waals surface area (Å²) in [7, 11) is 0. The molecule has 2 heterocycles. The number of rotatable bonds is 6. The van der Waals surface area contributed by atoms with Gasteiger partial charge in [-0.25, -0.2) is 15.0 Å². The lowest BCUT2D eigenvalue weighted by Crippen LogP contribution is -2.12. The van der Waals surface area contributed by atoms with Crippen LogP contribution >= 0.6 is 0 Å². The van der Waals surface area contributed by atoms with Gasteiger partial charge in [0.05, 0.1) is 5.71 Å². The lowest BCUT2D eigenvalue weighted by atomic mass is 9.97. The molecule has 0 saturated carbocycles. The Kier molecular flexibility index (Phi) is 5.80. The van der Waals surface area contributed by atoms with Gasteiger partial charge in [-0.15, -0.1) is 0 Å². The van der Waals surface area contributed by atoms with E-state index in [9.17, 15) is 4.79 Å². The molecule has 0 aliphatic heterocycles. The summed E-state index contributed by atoms with van der Waals surface area (Å²) in [5, 5.41) is 5.08. The molecule has 0 bridgehead atoms. The first kappa shape index (κ1) is 19.7. The third-order valence-electron chi connectivity index (χ3n) is 4.81. The molecule has 1 N–H and O–H groups in total. The van der Waals surface area contributed by atoms with Crippen LogP contribution in [-0.2, 0) is 0 Å². The number of fused-ring (bicyclic) bond motifs is 1. The van der Waals surface area contributed by atoms with Crippen LogP contribution in [0.15, 0.2) is 77.5 Å². The van der Waals surface area contributed by atoms with E-state index in [0.717, 1.165) is 46.7 Å². The van der Waals surface area contributed by atoms with Gasteiger partial charge in [-0.05, 0) is 44.4 Å². The van der Waals surface area contributed by atoms with Crippen molar-refractivity contribution in [1.82, 2.24) is 9.97 Å². The molecule has 3 aromatic rings. The first-order chi connectivity index (χ1) is 14.6. The number of hydrogen-bond donors (Lipinski definition) is 1. The third-order valence-corrected chi connectivity index (χ3v) is 4.81. The second-order valence-electron chi connectivity index (χ2n) is 7.54. The molecule has 150 valence electrons. The van der Waals surface area contributed by atoms with Gasteiger partial charge in [0.2, 0.25) is 0 Å². The molecule has 0 amide bonds. The Balaban J connectivity index is 1.85. The van der Waals surface area contributed by atoms with E-state index in [1.807, 2.05) is 38.1 Å². The van der Waals surface area contributed by atoms with Gasteiger partial charge in [0.1, 0.15) is 11.5 Å². The zero-order valence-corrected chi connectivity index (χ0v) is 17.2. The highest BCUT2D eigenvalue weighted by molar-refractivity contribution is 6.15. The molecule has 1 aliphatic carbocycles. The fourth-order valence-corrected chi connectivity index (χ4v) is 3.46. The van der Waals surface area contributed by atoms with E-state index in [2.05, 4.69) is 45.6 Å². The molecule has 2 aromatic heterocycles. The lowest BCUT2D eigenvalue weighted by Gasteiger charge is -2.14. The summed E-state index contributed by atoms with van der Waals surface area (Å²) in [5.41, 5.74) is 3.43. The third kappa shape index (κ3) is 4.35. The Morgan fingerprint density at radius 1 is 1.17 bits per heavy atom. The van der Waals surface area contributed by atoms with Crippen molar-refractivity contribution in [3.63, 3.8) is 0 Å². The standard InChI is InChI=1S/C25H24N4O/c1-17(2)27-25-22-14-23(26-15-20(22)13-21(16-30)28-25)29-24(18-9-5-3-6-10-18)19-11-7-4-8-12-19/h3,5-7,9-17H,4,8H2,1-2H3,(H,27,28). The van der Waals surface area contributed by atoms with E-state index < -0.39 is 0 Å². The summed E-state index contributed by atoms with van der Waals surface area (Å²) in [6.45, 7) is 4.08. The summed E-state index contributed by atoms with van der Waals surface area (Å²) < 4.78 is 0. The van der Waals surface area contributed by atoms with Crippen molar-refractivity contribution in [2.24, 2.45) is 4.99 Å². The van der Waals surface area contributed by atoms with Gasteiger partial charge in [0, 0.05) is 28.6 Å². The van der Waals surface area contributed by atoms with Gasteiger partial charge < -0.3 is 5.32 Å². The molecular formula is C25H24N4O. The topological polar surface area (TPSA) is 67.2 Å². The number of hydrogen-bond acceptors (Lipinski definition) is 5. The number of pyridine rings is 2. The largest absolute Gasteiger partial charge is 0.367 e. The van der Waals surface area contributed by atoms with E-state index in [4.69, 9.17) is 4.99 Å². The number of allylic oxidation sites excluding steroid dienone is 4. The van der Waals surface area contributed by atoms with Crippen molar-refractivity contribution in [3.05, 3.63) is 83.7 Å². The van der Waals surface area contributed by atoms with Crippen LogP contribution in [0.5, 0.6) is 0 Å². The smallest absolute Gasteiger partial charge is 0.168 e. The van der Waals surface area contributed by atoms with Crippen molar-refractivity contribution in [1.29, 1.82) is 0 Å². The monoisotopic (exact) mass is 396 g/mol. The average molecular weight is 396 g/mol. The van der Waals surface area contributed by atoms with E-state index in [-0.39, 0.29) is 6.04 Å². The summed E-state index contributed by atoms with van der Waals surface area (Å²) in [6, 6.07) is 14.0. The van der Waals surface area contributed by atoms with Crippen LogP contribution < -0.4 is 5.32 Å².